The molecule has 2 N–H and O–H groups in total. The number of rotatable bonds is 1. The second-order valence-electron chi connectivity index (χ2n) is 2.34. The van der Waals surface area contributed by atoms with Crippen molar-refractivity contribution in [3.05, 3.63) is 33.4 Å². The van der Waals surface area contributed by atoms with Crippen LogP contribution >= 0.6 is 22.6 Å². The molecule has 1 nitrogen and oxygen atoms in total. The number of halogens is 1. The van der Waals surface area contributed by atoms with Crippen LogP contribution in [0.5, 0.6) is 0 Å². The Kier molecular flexibility index (Phi) is 2.68. The van der Waals surface area contributed by atoms with E-state index >= 15 is 0 Å². The van der Waals surface area contributed by atoms with Crippen molar-refractivity contribution in [1.29, 1.82) is 0 Å². The molecule has 1 rings (SSSR count). The van der Waals surface area contributed by atoms with E-state index in [0.717, 1.165) is 0 Å². The van der Waals surface area contributed by atoms with Gasteiger partial charge < -0.3 is 5.73 Å². The Labute approximate surface area is 74.8 Å². The summed E-state index contributed by atoms with van der Waals surface area (Å²) in [5.74, 6) is 0. The van der Waals surface area contributed by atoms with Gasteiger partial charge in [0, 0.05) is 9.61 Å². The van der Waals surface area contributed by atoms with Crippen LogP contribution in [0.1, 0.15) is 18.5 Å². The maximum atomic E-state index is 5.66. The van der Waals surface area contributed by atoms with Gasteiger partial charge in [-0.1, -0.05) is 12.1 Å². The van der Waals surface area contributed by atoms with E-state index in [2.05, 4.69) is 46.9 Å². The number of nitrogens with two attached hydrogens (primary N) is 1. The molecule has 0 radical (unpaired) electrons. The summed E-state index contributed by atoms with van der Waals surface area (Å²) in [5.41, 5.74) is 6.86. The van der Waals surface area contributed by atoms with Crippen LogP contribution in [0.2, 0.25) is 0 Å². The molecule has 1 aromatic rings. The Morgan fingerprint density at radius 3 is 2.20 bits per heavy atom. The zero-order valence-electron chi connectivity index (χ0n) is 5.84. The highest BCUT2D eigenvalue weighted by Gasteiger charge is 1.96. The van der Waals surface area contributed by atoms with Crippen LogP contribution in [-0.4, -0.2) is 0 Å². The molecule has 0 unspecified atom stereocenters. The van der Waals surface area contributed by atoms with E-state index in [4.69, 9.17) is 5.73 Å². The van der Waals surface area contributed by atoms with Crippen molar-refractivity contribution in [2.45, 2.75) is 13.0 Å². The lowest BCUT2D eigenvalue weighted by molar-refractivity contribution is 0.818. The molecule has 0 bridgehead atoms. The summed E-state index contributed by atoms with van der Waals surface area (Å²) in [4.78, 5) is 0. The van der Waals surface area contributed by atoms with E-state index in [1.165, 1.54) is 9.13 Å². The topological polar surface area (TPSA) is 26.0 Å². The van der Waals surface area contributed by atoms with Gasteiger partial charge in [-0.25, -0.2) is 0 Å². The normalized spacial score (nSPS) is 13.1. The van der Waals surface area contributed by atoms with E-state index in [1.54, 1.807) is 0 Å². The Hall–Kier alpha value is -0.0900. The van der Waals surface area contributed by atoms with Gasteiger partial charge >= 0.3 is 0 Å². The standard InChI is InChI=1S/C8H10IN/c1-6(10)7-2-4-8(9)5-3-7/h2-6H,10H2,1H3/t6-/m0/s1. The predicted octanol–water partition coefficient (Wildman–Crippen LogP) is 2.31. The van der Waals surface area contributed by atoms with Crippen LogP contribution in [0.4, 0.5) is 0 Å². The molecule has 0 aliphatic heterocycles. The van der Waals surface area contributed by atoms with Crippen LogP contribution in [0.3, 0.4) is 0 Å². The summed E-state index contributed by atoms with van der Waals surface area (Å²) in [5, 5.41) is 0. The van der Waals surface area contributed by atoms with Gasteiger partial charge in [0.05, 0.1) is 0 Å². The lowest BCUT2D eigenvalue weighted by atomic mass is 10.1. The van der Waals surface area contributed by atoms with Crippen molar-refractivity contribution in [2.75, 3.05) is 0 Å². The first-order valence-electron chi connectivity index (χ1n) is 3.21. The quantitative estimate of drug-likeness (QED) is 0.757. The highest BCUT2D eigenvalue weighted by molar-refractivity contribution is 14.1. The van der Waals surface area contributed by atoms with E-state index in [0.29, 0.717) is 0 Å². The third-order valence-electron chi connectivity index (χ3n) is 1.40. The molecular weight excluding hydrogens is 237 g/mol. The fourth-order valence-corrected chi connectivity index (χ4v) is 1.13. The fraction of sp³-hybridized carbons (Fsp3) is 0.250. The lowest BCUT2D eigenvalue weighted by Gasteiger charge is -2.03. The van der Waals surface area contributed by atoms with E-state index in [-0.39, 0.29) is 6.04 Å². The average molecular weight is 247 g/mol. The third kappa shape index (κ3) is 1.95. The van der Waals surface area contributed by atoms with Crippen molar-refractivity contribution in [2.24, 2.45) is 5.73 Å². The first-order chi connectivity index (χ1) is 4.70. The average Bonchev–Trinajstić information content (AvgIpc) is 1.88. The van der Waals surface area contributed by atoms with Gasteiger partial charge in [0.25, 0.3) is 0 Å². The molecule has 54 valence electrons. The Morgan fingerprint density at radius 2 is 1.80 bits per heavy atom. The molecule has 0 saturated carbocycles. The first kappa shape index (κ1) is 8.01. The summed E-state index contributed by atoms with van der Waals surface area (Å²) >= 11 is 2.28. The Bertz CT molecular complexity index is 203. The number of benzene rings is 1. The fourth-order valence-electron chi connectivity index (χ4n) is 0.766. The molecule has 0 saturated heterocycles. The Balaban J connectivity index is 2.89. The number of hydrogen-bond donors (Lipinski definition) is 1. The van der Waals surface area contributed by atoms with Gasteiger partial charge in [0.1, 0.15) is 0 Å². The molecule has 0 aromatic heterocycles. The van der Waals surface area contributed by atoms with Crippen LogP contribution < -0.4 is 5.73 Å². The van der Waals surface area contributed by atoms with Crippen molar-refractivity contribution in [3.8, 4) is 0 Å². The van der Waals surface area contributed by atoms with Gasteiger partial charge in [0.15, 0.2) is 0 Å². The van der Waals surface area contributed by atoms with Gasteiger partial charge in [0.2, 0.25) is 0 Å². The largest absolute Gasteiger partial charge is 0.324 e. The van der Waals surface area contributed by atoms with E-state index < -0.39 is 0 Å². The maximum absolute atomic E-state index is 5.66. The lowest BCUT2D eigenvalue weighted by Crippen LogP contribution is -2.04. The molecule has 0 amide bonds. The summed E-state index contributed by atoms with van der Waals surface area (Å²) < 4.78 is 1.25. The number of hydrogen-bond acceptors (Lipinski definition) is 1. The molecule has 10 heavy (non-hydrogen) atoms. The molecule has 0 fully saturated rings. The van der Waals surface area contributed by atoms with Gasteiger partial charge in [-0.15, -0.1) is 0 Å². The van der Waals surface area contributed by atoms with Crippen molar-refractivity contribution >= 4 is 22.6 Å². The van der Waals surface area contributed by atoms with Gasteiger partial charge in [-0.3, -0.25) is 0 Å². The second-order valence-corrected chi connectivity index (χ2v) is 3.59. The molecule has 2 heteroatoms. The second kappa shape index (κ2) is 3.34. The monoisotopic (exact) mass is 247 g/mol. The molecule has 0 aliphatic rings. The summed E-state index contributed by atoms with van der Waals surface area (Å²) in [6.07, 6.45) is 0. The predicted molar refractivity (Wildman–Crippen MR) is 51.8 cm³/mol. The molecule has 0 heterocycles. The van der Waals surface area contributed by atoms with Crippen molar-refractivity contribution in [3.63, 3.8) is 0 Å². The maximum Gasteiger partial charge on any atom is 0.0266 e. The zero-order chi connectivity index (χ0) is 7.56. The Morgan fingerprint density at radius 1 is 1.30 bits per heavy atom. The van der Waals surface area contributed by atoms with Crippen LogP contribution in [0.25, 0.3) is 0 Å². The third-order valence-corrected chi connectivity index (χ3v) is 2.11. The summed E-state index contributed by atoms with van der Waals surface area (Å²) in [6.45, 7) is 1.99. The summed E-state index contributed by atoms with van der Waals surface area (Å²) in [7, 11) is 0. The minimum absolute atomic E-state index is 0.150. The minimum Gasteiger partial charge on any atom is -0.324 e. The molecule has 0 aliphatic carbocycles. The molecule has 0 spiro atoms. The van der Waals surface area contributed by atoms with Crippen molar-refractivity contribution in [1.82, 2.24) is 0 Å². The zero-order valence-corrected chi connectivity index (χ0v) is 8.00. The molecular formula is C8H10IN. The van der Waals surface area contributed by atoms with Gasteiger partial charge in [-0.05, 0) is 47.2 Å². The smallest absolute Gasteiger partial charge is 0.0266 e. The van der Waals surface area contributed by atoms with E-state index in [9.17, 15) is 0 Å². The molecule has 1 atom stereocenters. The van der Waals surface area contributed by atoms with Gasteiger partial charge in [-0.2, -0.15) is 0 Å². The SMILES string of the molecule is C[C@H](N)c1ccc(I)cc1. The van der Waals surface area contributed by atoms with Crippen LogP contribution in [-0.2, 0) is 0 Å². The first-order valence-corrected chi connectivity index (χ1v) is 4.29. The highest BCUT2D eigenvalue weighted by atomic mass is 127. The highest BCUT2D eigenvalue weighted by Crippen LogP contribution is 2.11. The van der Waals surface area contributed by atoms with Crippen LogP contribution in [0.15, 0.2) is 24.3 Å². The van der Waals surface area contributed by atoms with E-state index in [1.807, 2.05) is 6.92 Å². The minimum atomic E-state index is 0.150. The van der Waals surface area contributed by atoms with Crippen LogP contribution in [0, 0.1) is 3.57 Å². The molecule has 1 aromatic carbocycles. The summed E-state index contributed by atoms with van der Waals surface area (Å²) in [6, 6.07) is 8.41. The van der Waals surface area contributed by atoms with Crippen molar-refractivity contribution < 1.29 is 0 Å².